The lowest BCUT2D eigenvalue weighted by atomic mass is 10.00. The molecule has 0 radical (unpaired) electrons. The predicted octanol–water partition coefficient (Wildman–Crippen LogP) is 4.42. The van der Waals surface area contributed by atoms with Crippen LogP contribution in [0.15, 0.2) is 21.1 Å². The Hall–Kier alpha value is -2.63. The third-order valence-electron chi connectivity index (χ3n) is 5.23. The molecule has 6 heteroatoms. The minimum Gasteiger partial charge on any atom is -0.466 e. The van der Waals surface area contributed by atoms with E-state index in [0.717, 1.165) is 36.5 Å². The zero-order valence-electron chi connectivity index (χ0n) is 15.6. The number of hydrogen-bond acceptors (Lipinski definition) is 5. The largest absolute Gasteiger partial charge is 0.466 e. The minimum atomic E-state index is 0.0232. The van der Waals surface area contributed by atoms with Crippen LogP contribution in [0.1, 0.15) is 53.8 Å². The molecule has 6 nitrogen and oxygen atoms in total. The van der Waals surface area contributed by atoms with Gasteiger partial charge in [0.25, 0.3) is 11.6 Å². The molecule has 1 aliphatic rings. The van der Waals surface area contributed by atoms with Gasteiger partial charge < -0.3 is 13.8 Å². The normalized spacial score (nSPS) is 17.8. The topological polar surface area (TPSA) is 72.4 Å². The highest BCUT2D eigenvalue weighted by Gasteiger charge is 2.28. The van der Waals surface area contributed by atoms with Gasteiger partial charge in [-0.05, 0) is 59.1 Å². The van der Waals surface area contributed by atoms with Gasteiger partial charge in [-0.2, -0.15) is 0 Å². The number of pyridine rings is 1. The molecule has 0 aliphatic carbocycles. The molecule has 1 unspecified atom stereocenters. The predicted molar refractivity (Wildman–Crippen MR) is 98.1 cm³/mol. The Kier molecular flexibility index (Phi) is 4.05. The average Bonchev–Trinajstić information content (AvgIpc) is 3.16. The fourth-order valence-corrected chi connectivity index (χ4v) is 3.84. The summed E-state index contributed by atoms with van der Waals surface area (Å²) in [5, 5.41) is 4.74. The van der Waals surface area contributed by atoms with Crippen molar-refractivity contribution in [3.8, 4) is 11.3 Å². The first-order chi connectivity index (χ1) is 12.5. The Bertz CT molecular complexity index is 986. The van der Waals surface area contributed by atoms with Crippen LogP contribution < -0.4 is 0 Å². The number of hydrogen-bond donors (Lipinski definition) is 0. The maximum absolute atomic E-state index is 13.4. The number of fused-ring (bicyclic) bond motifs is 1. The van der Waals surface area contributed by atoms with Gasteiger partial charge in [0.15, 0.2) is 0 Å². The number of carbonyl (C=O) groups is 1. The summed E-state index contributed by atoms with van der Waals surface area (Å²) in [5.74, 6) is 1.61. The molecule has 26 heavy (non-hydrogen) atoms. The standard InChI is InChI=1S/C20H23N3O3/c1-11-7-5-6-8-23(11)20(24)16-10-17(15-9-12(2)25-14(15)4)21-19-18(16)13(3)22-26-19/h9-11H,5-8H2,1-4H3. The summed E-state index contributed by atoms with van der Waals surface area (Å²) in [6.45, 7) is 8.54. The maximum Gasteiger partial charge on any atom is 0.259 e. The van der Waals surface area contributed by atoms with E-state index in [-0.39, 0.29) is 11.9 Å². The molecule has 3 aromatic heterocycles. The number of carbonyl (C=O) groups excluding carboxylic acids is 1. The SMILES string of the molecule is Cc1cc(-c2cc(C(=O)N3CCCCC3C)c3c(C)noc3n2)c(C)o1. The molecule has 1 amide bonds. The molecule has 3 aromatic rings. The summed E-state index contributed by atoms with van der Waals surface area (Å²) in [4.78, 5) is 19.9. The summed E-state index contributed by atoms with van der Waals surface area (Å²) in [5.41, 5.74) is 3.24. The van der Waals surface area contributed by atoms with Crippen molar-refractivity contribution in [1.82, 2.24) is 15.0 Å². The van der Waals surface area contributed by atoms with E-state index in [4.69, 9.17) is 8.94 Å². The quantitative estimate of drug-likeness (QED) is 0.682. The van der Waals surface area contributed by atoms with Gasteiger partial charge in [0, 0.05) is 18.2 Å². The second-order valence-electron chi connectivity index (χ2n) is 7.17. The molecule has 4 heterocycles. The number of nitrogens with zero attached hydrogens (tertiary/aromatic N) is 3. The Balaban J connectivity index is 1.88. The fourth-order valence-electron chi connectivity index (χ4n) is 3.84. The Labute approximate surface area is 152 Å². The first kappa shape index (κ1) is 16.8. The fraction of sp³-hybridized carbons (Fsp3) is 0.450. The molecule has 0 aromatic carbocycles. The van der Waals surface area contributed by atoms with E-state index >= 15 is 0 Å². The number of furan rings is 1. The monoisotopic (exact) mass is 353 g/mol. The molecule has 1 aliphatic heterocycles. The Morgan fingerprint density at radius 1 is 1.23 bits per heavy atom. The summed E-state index contributed by atoms with van der Waals surface area (Å²) in [6.07, 6.45) is 3.25. The highest BCUT2D eigenvalue weighted by atomic mass is 16.5. The molecule has 0 bridgehead atoms. The molecule has 0 N–H and O–H groups in total. The van der Waals surface area contributed by atoms with E-state index in [1.54, 1.807) is 0 Å². The van der Waals surface area contributed by atoms with Crippen molar-refractivity contribution in [1.29, 1.82) is 0 Å². The molecule has 4 rings (SSSR count). The molecular weight excluding hydrogens is 330 g/mol. The highest BCUT2D eigenvalue weighted by molar-refractivity contribution is 6.07. The van der Waals surface area contributed by atoms with E-state index < -0.39 is 0 Å². The van der Waals surface area contributed by atoms with Gasteiger partial charge in [0.2, 0.25) is 0 Å². The molecule has 1 saturated heterocycles. The number of piperidine rings is 1. The van der Waals surface area contributed by atoms with Gasteiger partial charge in [0.1, 0.15) is 11.5 Å². The lowest BCUT2D eigenvalue weighted by molar-refractivity contribution is 0.0637. The smallest absolute Gasteiger partial charge is 0.259 e. The third-order valence-corrected chi connectivity index (χ3v) is 5.23. The molecular formula is C20H23N3O3. The van der Waals surface area contributed by atoms with Crippen molar-refractivity contribution in [2.45, 2.75) is 53.0 Å². The molecule has 1 fully saturated rings. The van der Waals surface area contributed by atoms with Crippen LogP contribution in [0.25, 0.3) is 22.4 Å². The van der Waals surface area contributed by atoms with Gasteiger partial charge in [-0.25, -0.2) is 4.98 Å². The van der Waals surface area contributed by atoms with Gasteiger partial charge in [-0.1, -0.05) is 5.16 Å². The summed E-state index contributed by atoms with van der Waals surface area (Å²) in [7, 11) is 0. The minimum absolute atomic E-state index is 0.0232. The number of aromatic nitrogens is 2. The summed E-state index contributed by atoms with van der Waals surface area (Å²) >= 11 is 0. The van der Waals surface area contributed by atoms with Gasteiger partial charge in [0.05, 0.1) is 22.3 Å². The second kappa shape index (κ2) is 6.27. The number of likely N-dealkylation sites (tertiary alicyclic amines) is 1. The van der Waals surface area contributed by atoms with E-state index in [9.17, 15) is 4.79 Å². The van der Waals surface area contributed by atoms with E-state index in [0.29, 0.717) is 28.1 Å². The number of rotatable bonds is 2. The first-order valence-corrected chi connectivity index (χ1v) is 9.11. The van der Waals surface area contributed by atoms with Crippen molar-refractivity contribution >= 4 is 17.0 Å². The zero-order chi connectivity index (χ0) is 18.4. The van der Waals surface area contributed by atoms with Crippen molar-refractivity contribution in [3.63, 3.8) is 0 Å². The van der Waals surface area contributed by atoms with Crippen LogP contribution in [0.5, 0.6) is 0 Å². The van der Waals surface area contributed by atoms with Crippen LogP contribution >= 0.6 is 0 Å². The van der Waals surface area contributed by atoms with Crippen LogP contribution in [-0.2, 0) is 0 Å². The van der Waals surface area contributed by atoms with Gasteiger partial charge in [-0.3, -0.25) is 4.79 Å². The third kappa shape index (κ3) is 2.69. The van der Waals surface area contributed by atoms with Crippen molar-refractivity contribution in [2.24, 2.45) is 0 Å². The van der Waals surface area contributed by atoms with E-state index in [1.807, 2.05) is 37.8 Å². The van der Waals surface area contributed by atoms with E-state index in [2.05, 4.69) is 17.1 Å². The first-order valence-electron chi connectivity index (χ1n) is 9.11. The van der Waals surface area contributed by atoms with Crippen LogP contribution in [0.3, 0.4) is 0 Å². The Morgan fingerprint density at radius 3 is 2.73 bits per heavy atom. The van der Waals surface area contributed by atoms with Crippen LogP contribution in [0.2, 0.25) is 0 Å². The number of amides is 1. The van der Waals surface area contributed by atoms with Crippen molar-refractivity contribution in [2.75, 3.05) is 6.54 Å². The summed E-state index contributed by atoms with van der Waals surface area (Å²) in [6, 6.07) is 4.03. The van der Waals surface area contributed by atoms with Crippen LogP contribution in [0.4, 0.5) is 0 Å². The Morgan fingerprint density at radius 2 is 2.04 bits per heavy atom. The summed E-state index contributed by atoms with van der Waals surface area (Å²) < 4.78 is 11.0. The van der Waals surface area contributed by atoms with Gasteiger partial charge >= 0.3 is 0 Å². The maximum atomic E-state index is 13.4. The van der Waals surface area contributed by atoms with E-state index in [1.165, 1.54) is 6.42 Å². The van der Waals surface area contributed by atoms with Crippen molar-refractivity contribution in [3.05, 3.63) is 34.9 Å². The highest BCUT2D eigenvalue weighted by Crippen LogP contribution is 2.32. The van der Waals surface area contributed by atoms with Crippen LogP contribution in [-0.4, -0.2) is 33.5 Å². The lowest BCUT2D eigenvalue weighted by Gasteiger charge is -2.33. The lowest BCUT2D eigenvalue weighted by Crippen LogP contribution is -2.42. The molecule has 136 valence electrons. The van der Waals surface area contributed by atoms with Gasteiger partial charge in [-0.15, -0.1) is 0 Å². The molecule has 1 atom stereocenters. The average molecular weight is 353 g/mol. The zero-order valence-corrected chi connectivity index (χ0v) is 15.6. The molecule has 0 saturated carbocycles. The van der Waals surface area contributed by atoms with Crippen molar-refractivity contribution < 1.29 is 13.7 Å². The van der Waals surface area contributed by atoms with Crippen LogP contribution in [0, 0.1) is 20.8 Å². The number of aryl methyl sites for hydroxylation is 3. The second-order valence-corrected chi connectivity index (χ2v) is 7.17. The molecule has 0 spiro atoms.